The van der Waals surface area contributed by atoms with Crippen LogP contribution in [-0.4, -0.2) is 22.7 Å². The molecule has 6 atom stereocenters. The van der Waals surface area contributed by atoms with Crippen LogP contribution in [0.3, 0.4) is 0 Å². The number of hydrogen-bond donors (Lipinski definition) is 0. The van der Waals surface area contributed by atoms with Gasteiger partial charge in [0.1, 0.15) is 0 Å². The number of allylic oxidation sites excluding steroid dienone is 3. The van der Waals surface area contributed by atoms with Gasteiger partial charge in [0.15, 0.2) is 8.32 Å². The second-order valence-corrected chi connectivity index (χ2v) is 21.1. The lowest BCUT2D eigenvalue weighted by atomic mass is 9.52. The van der Waals surface area contributed by atoms with Crippen molar-refractivity contribution in [2.75, 3.05) is 0 Å². The van der Waals surface area contributed by atoms with Crippen LogP contribution in [0.5, 0.6) is 0 Å². The lowest BCUT2D eigenvalue weighted by Crippen LogP contribution is -2.49. The maximum absolute atomic E-state index is 6.72. The van der Waals surface area contributed by atoms with Crippen LogP contribution in [0, 0.1) is 29.1 Å². The Morgan fingerprint density at radius 3 is 2.36 bits per heavy atom. The minimum absolute atomic E-state index is 0.430. The van der Waals surface area contributed by atoms with Crippen molar-refractivity contribution >= 4 is 16.6 Å². The van der Waals surface area contributed by atoms with Crippen LogP contribution in [0.25, 0.3) is 0 Å². The van der Waals surface area contributed by atoms with Crippen LogP contribution < -0.4 is 0 Å². The smallest absolute Gasteiger partial charge is 0.242 e. The molecular weight excluding hydrogens is 376 g/mol. The fourth-order valence-electron chi connectivity index (χ4n) is 7.01. The lowest BCUT2D eigenvalue weighted by molar-refractivity contribution is -0.0455. The quantitative estimate of drug-likeness (QED) is 0.452. The van der Waals surface area contributed by atoms with Gasteiger partial charge in [0, 0.05) is 0 Å². The summed E-state index contributed by atoms with van der Waals surface area (Å²) >= 11 is 0. The van der Waals surface area contributed by atoms with Crippen molar-refractivity contribution in [3.63, 3.8) is 0 Å². The van der Waals surface area contributed by atoms with Crippen LogP contribution >= 0.6 is 0 Å². The molecule has 0 aromatic carbocycles. The molecule has 0 aromatic heterocycles. The van der Waals surface area contributed by atoms with Gasteiger partial charge in [-0.05, 0) is 125 Å². The highest BCUT2D eigenvalue weighted by Crippen LogP contribution is 2.62. The number of hydrogen-bond acceptors (Lipinski definition) is 2. The molecule has 2 nitrogen and oxygen atoms in total. The van der Waals surface area contributed by atoms with E-state index in [4.69, 9.17) is 8.85 Å². The molecule has 5 unspecified atom stereocenters. The Hall–Kier alpha value is -0.326. The van der Waals surface area contributed by atoms with Gasteiger partial charge in [-0.1, -0.05) is 12.5 Å². The molecule has 0 radical (unpaired) electrons. The highest BCUT2D eigenvalue weighted by atomic mass is 28.4. The minimum atomic E-state index is -1.51. The summed E-state index contributed by atoms with van der Waals surface area (Å²) in [5, 5.41) is 0. The molecule has 0 aromatic rings. The molecule has 0 saturated heterocycles. The van der Waals surface area contributed by atoms with Gasteiger partial charge < -0.3 is 8.85 Å². The third-order valence-electron chi connectivity index (χ3n) is 7.99. The second-order valence-electron chi connectivity index (χ2n) is 12.2. The minimum Gasteiger partial charge on any atom is -0.545 e. The zero-order chi connectivity index (χ0) is 20.3. The molecule has 4 rings (SSSR count). The fourth-order valence-corrected chi connectivity index (χ4v) is 9.10. The Bertz CT molecular complexity index is 669. The first-order chi connectivity index (χ1) is 13.0. The molecule has 28 heavy (non-hydrogen) atoms. The number of rotatable bonds is 4. The fraction of sp³-hybridized carbons (Fsp3) is 0.833. The van der Waals surface area contributed by atoms with Crippen molar-refractivity contribution in [1.82, 2.24) is 0 Å². The molecule has 0 spiro atoms. The highest BCUT2D eigenvalue weighted by molar-refractivity contribution is 6.70. The normalized spacial score (nSPS) is 40.8. The van der Waals surface area contributed by atoms with Crippen LogP contribution in [0.2, 0.25) is 39.3 Å². The van der Waals surface area contributed by atoms with Crippen molar-refractivity contribution in [2.45, 2.75) is 97.3 Å². The molecule has 0 N–H and O–H groups in total. The Balaban J connectivity index is 1.49. The van der Waals surface area contributed by atoms with Crippen molar-refractivity contribution in [1.29, 1.82) is 0 Å². The zero-order valence-electron chi connectivity index (χ0n) is 19.3. The highest BCUT2D eigenvalue weighted by Gasteiger charge is 2.57. The van der Waals surface area contributed by atoms with Crippen LogP contribution in [0.1, 0.15) is 51.9 Å². The average Bonchev–Trinajstić information content (AvgIpc) is 2.88. The van der Waals surface area contributed by atoms with E-state index in [1.54, 1.807) is 5.57 Å². The van der Waals surface area contributed by atoms with E-state index in [1.807, 2.05) is 0 Å². The first-order valence-electron chi connectivity index (χ1n) is 11.7. The monoisotopic (exact) mass is 418 g/mol. The predicted octanol–water partition coefficient (Wildman–Crippen LogP) is 7.12. The van der Waals surface area contributed by atoms with Crippen molar-refractivity contribution < 1.29 is 8.85 Å². The van der Waals surface area contributed by atoms with Crippen molar-refractivity contribution in [3.8, 4) is 0 Å². The summed E-state index contributed by atoms with van der Waals surface area (Å²) in [7, 11) is -2.99. The molecule has 158 valence electrons. The third kappa shape index (κ3) is 3.98. The third-order valence-corrected chi connectivity index (χ3v) is 9.83. The molecular formula is C24H42O2Si2. The average molecular weight is 419 g/mol. The maximum atomic E-state index is 6.72. The standard InChI is InChI=1S/C24H42O2Si2/c1-24-15-14-20-19-11-9-18(25-27(2,3)4)16-17(19)8-10-21(20)22(24)12-13-23(24)26-28(5,6)7/h9,16,19-23H,8,10-15H2,1-7H3/t19?,20?,21?,22?,23-,24?/m1/s1. The SMILES string of the molecule is CC12CCC3C4CC=C(O[Si](C)(C)C)C=C4CCC3C1CC[C@H]2O[Si](C)(C)C. The van der Waals surface area contributed by atoms with E-state index in [0.717, 1.165) is 23.7 Å². The van der Waals surface area contributed by atoms with Gasteiger partial charge >= 0.3 is 0 Å². The second kappa shape index (κ2) is 7.13. The van der Waals surface area contributed by atoms with Gasteiger partial charge in [0.25, 0.3) is 0 Å². The summed E-state index contributed by atoms with van der Waals surface area (Å²) in [6, 6.07) is 0. The van der Waals surface area contributed by atoms with Crippen LogP contribution in [0.4, 0.5) is 0 Å². The lowest BCUT2D eigenvalue weighted by Gasteiger charge is -2.54. The largest absolute Gasteiger partial charge is 0.545 e. The Morgan fingerprint density at radius 1 is 0.929 bits per heavy atom. The first kappa shape index (κ1) is 20.9. The van der Waals surface area contributed by atoms with E-state index in [-0.39, 0.29) is 0 Å². The van der Waals surface area contributed by atoms with Gasteiger partial charge in [-0.25, -0.2) is 0 Å². The van der Waals surface area contributed by atoms with E-state index in [9.17, 15) is 0 Å². The first-order valence-corrected chi connectivity index (χ1v) is 18.6. The summed E-state index contributed by atoms with van der Waals surface area (Å²) in [6.07, 6.45) is 14.8. The molecule has 4 heteroatoms. The predicted molar refractivity (Wildman–Crippen MR) is 123 cm³/mol. The van der Waals surface area contributed by atoms with Crippen molar-refractivity contribution in [2.24, 2.45) is 29.1 Å². The van der Waals surface area contributed by atoms with Gasteiger partial charge in [0.2, 0.25) is 8.32 Å². The molecule has 3 fully saturated rings. The van der Waals surface area contributed by atoms with Crippen LogP contribution in [-0.2, 0) is 8.85 Å². The Morgan fingerprint density at radius 2 is 1.68 bits per heavy atom. The van der Waals surface area contributed by atoms with E-state index >= 15 is 0 Å². The van der Waals surface area contributed by atoms with Gasteiger partial charge in [-0.2, -0.15) is 0 Å². The molecule has 0 bridgehead atoms. The topological polar surface area (TPSA) is 18.5 Å². The van der Waals surface area contributed by atoms with Crippen LogP contribution in [0.15, 0.2) is 23.5 Å². The molecule has 0 heterocycles. The molecule has 4 aliphatic carbocycles. The maximum Gasteiger partial charge on any atom is 0.242 e. The summed E-state index contributed by atoms with van der Waals surface area (Å²) in [6.45, 7) is 16.5. The Kier molecular flexibility index (Phi) is 5.33. The van der Waals surface area contributed by atoms with Crippen molar-refractivity contribution in [3.05, 3.63) is 23.5 Å². The van der Waals surface area contributed by atoms with Gasteiger partial charge in [0.05, 0.1) is 11.9 Å². The summed E-state index contributed by atoms with van der Waals surface area (Å²) in [5.74, 6) is 4.67. The summed E-state index contributed by atoms with van der Waals surface area (Å²) in [4.78, 5) is 0. The van der Waals surface area contributed by atoms with E-state index in [0.29, 0.717) is 11.5 Å². The van der Waals surface area contributed by atoms with Gasteiger partial charge in [-0.3, -0.25) is 0 Å². The molecule has 0 aliphatic heterocycles. The molecule has 0 amide bonds. The zero-order valence-corrected chi connectivity index (χ0v) is 21.3. The van der Waals surface area contributed by atoms with E-state index in [2.05, 4.69) is 58.4 Å². The van der Waals surface area contributed by atoms with E-state index < -0.39 is 16.6 Å². The Labute approximate surface area is 175 Å². The summed E-state index contributed by atoms with van der Waals surface area (Å²) < 4.78 is 13.0. The van der Waals surface area contributed by atoms with Gasteiger partial charge in [-0.15, -0.1) is 0 Å². The molecule has 4 aliphatic rings. The van der Waals surface area contributed by atoms with E-state index in [1.165, 1.54) is 50.7 Å². The molecule has 3 saturated carbocycles. The summed E-state index contributed by atoms with van der Waals surface area (Å²) in [5.41, 5.74) is 2.13. The number of fused-ring (bicyclic) bond motifs is 5.